The van der Waals surface area contributed by atoms with Gasteiger partial charge in [-0.15, -0.1) is 0 Å². The highest BCUT2D eigenvalue weighted by Gasteiger charge is 2.18. The predicted molar refractivity (Wildman–Crippen MR) is 61.2 cm³/mol. The standard InChI is InChI=1S/C9H13ClN2O3S/c1-3-11-9(13)8-5-7(16(10,14)15)6-12(8)4-2/h5-6H,3-4H2,1-2H3,(H,11,13). The van der Waals surface area contributed by atoms with E-state index < -0.39 is 9.05 Å². The van der Waals surface area contributed by atoms with Gasteiger partial charge in [-0.25, -0.2) is 8.42 Å². The van der Waals surface area contributed by atoms with Gasteiger partial charge in [-0.3, -0.25) is 4.79 Å². The Morgan fingerprint density at radius 1 is 1.50 bits per heavy atom. The summed E-state index contributed by atoms with van der Waals surface area (Å²) in [6.45, 7) is 4.58. The average Bonchev–Trinajstić information content (AvgIpc) is 2.61. The van der Waals surface area contributed by atoms with Gasteiger partial charge in [0, 0.05) is 30.0 Å². The van der Waals surface area contributed by atoms with Gasteiger partial charge < -0.3 is 9.88 Å². The SMILES string of the molecule is CCNC(=O)c1cc(S(=O)(=O)Cl)cn1CC. The second-order valence-corrected chi connectivity index (χ2v) is 5.71. The van der Waals surface area contributed by atoms with Crippen LogP contribution in [0.3, 0.4) is 0 Å². The van der Waals surface area contributed by atoms with Crippen LogP contribution in [-0.2, 0) is 15.6 Å². The first-order valence-corrected chi connectivity index (χ1v) is 7.14. The highest BCUT2D eigenvalue weighted by atomic mass is 35.7. The summed E-state index contributed by atoms with van der Waals surface area (Å²) in [5.41, 5.74) is 0.295. The molecule has 7 heteroatoms. The summed E-state index contributed by atoms with van der Waals surface area (Å²) in [5.74, 6) is -0.309. The molecule has 1 N–H and O–H groups in total. The molecule has 0 aromatic carbocycles. The molecule has 0 unspecified atom stereocenters. The normalized spacial score (nSPS) is 11.4. The number of nitrogens with one attached hydrogen (secondary N) is 1. The smallest absolute Gasteiger partial charge is 0.267 e. The first-order valence-electron chi connectivity index (χ1n) is 4.83. The lowest BCUT2D eigenvalue weighted by atomic mass is 10.4. The third-order valence-corrected chi connectivity index (χ3v) is 3.38. The maximum absolute atomic E-state index is 11.6. The zero-order valence-corrected chi connectivity index (χ0v) is 10.6. The van der Waals surface area contributed by atoms with Crippen molar-refractivity contribution in [3.63, 3.8) is 0 Å². The van der Waals surface area contributed by atoms with E-state index in [0.717, 1.165) is 0 Å². The number of aryl methyl sites for hydroxylation is 1. The van der Waals surface area contributed by atoms with Gasteiger partial charge in [-0.05, 0) is 19.9 Å². The molecule has 0 saturated carbocycles. The number of carbonyl (C=O) groups is 1. The molecule has 0 radical (unpaired) electrons. The van der Waals surface area contributed by atoms with Crippen LogP contribution >= 0.6 is 10.7 Å². The molecule has 0 atom stereocenters. The van der Waals surface area contributed by atoms with Gasteiger partial charge in [-0.1, -0.05) is 0 Å². The fourth-order valence-corrected chi connectivity index (χ4v) is 2.08. The number of aromatic nitrogens is 1. The van der Waals surface area contributed by atoms with Gasteiger partial charge in [0.25, 0.3) is 15.0 Å². The van der Waals surface area contributed by atoms with Crippen LogP contribution in [-0.4, -0.2) is 25.4 Å². The first-order chi connectivity index (χ1) is 7.40. The van der Waals surface area contributed by atoms with Crippen molar-refractivity contribution in [2.75, 3.05) is 6.54 Å². The number of carbonyl (C=O) groups excluding carboxylic acids is 1. The van der Waals surface area contributed by atoms with Crippen molar-refractivity contribution in [1.82, 2.24) is 9.88 Å². The molecule has 90 valence electrons. The molecule has 0 bridgehead atoms. The molecule has 1 aromatic rings. The third-order valence-electron chi connectivity index (χ3n) is 2.06. The molecule has 0 spiro atoms. The Kier molecular flexibility index (Phi) is 3.98. The Balaban J connectivity index is 3.19. The second kappa shape index (κ2) is 4.88. The summed E-state index contributed by atoms with van der Waals surface area (Å²) >= 11 is 0. The molecule has 0 aliphatic carbocycles. The van der Waals surface area contributed by atoms with Crippen LogP contribution in [0.2, 0.25) is 0 Å². The summed E-state index contributed by atoms with van der Waals surface area (Å²) < 4.78 is 23.8. The third kappa shape index (κ3) is 2.76. The van der Waals surface area contributed by atoms with E-state index in [-0.39, 0.29) is 10.8 Å². The highest BCUT2D eigenvalue weighted by molar-refractivity contribution is 8.13. The second-order valence-electron chi connectivity index (χ2n) is 3.14. The number of hydrogen-bond acceptors (Lipinski definition) is 3. The average molecular weight is 265 g/mol. The van der Waals surface area contributed by atoms with Gasteiger partial charge >= 0.3 is 0 Å². The van der Waals surface area contributed by atoms with Gasteiger partial charge in [0.05, 0.1) is 0 Å². The van der Waals surface area contributed by atoms with Crippen LogP contribution in [0.5, 0.6) is 0 Å². The monoisotopic (exact) mass is 264 g/mol. The van der Waals surface area contributed by atoms with E-state index in [9.17, 15) is 13.2 Å². The van der Waals surface area contributed by atoms with Crippen LogP contribution in [0.15, 0.2) is 17.2 Å². The number of nitrogens with zero attached hydrogens (tertiary/aromatic N) is 1. The van der Waals surface area contributed by atoms with Crippen molar-refractivity contribution in [1.29, 1.82) is 0 Å². The topological polar surface area (TPSA) is 68.2 Å². The van der Waals surface area contributed by atoms with Gasteiger partial charge in [-0.2, -0.15) is 0 Å². The lowest BCUT2D eigenvalue weighted by Gasteiger charge is -2.04. The largest absolute Gasteiger partial charge is 0.351 e. The molecule has 1 rings (SSSR count). The minimum atomic E-state index is -3.79. The Hall–Kier alpha value is -1.01. The zero-order chi connectivity index (χ0) is 12.3. The number of hydrogen-bond donors (Lipinski definition) is 1. The molecule has 0 aliphatic rings. The lowest BCUT2D eigenvalue weighted by Crippen LogP contribution is -2.25. The fourth-order valence-electron chi connectivity index (χ4n) is 1.32. The molecule has 5 nitrogen and oxygen atoms in total. The molecule has 1 amide bonds. The quantitative estimate of drug-likeness (QED) is 0.831. The highest BCUT2D eigenvalue weighted by Crippen LogP contribution is 2.18. The van der Waals surface area contributed by atoms with Crippen LogP contribution < -0.4 is 5.32 Å². The predicted octanol–water partition coefficient (Wildman–Crippen LogP) is 1.19. The minimum Gasteiger partial charge on any atom is -0.351 e. The van der Waals surface area contributed by atoms with E-state index in [4.69, 9.17) is 10.7 Å². The van der Waals surface area contributed by atoms with E-state index in [2.05, 4.69) is 5.32 Å². The lowest BCUT2D eigenvalue weighted by molar-refractivity contribution is 0.0946. The Morgan fingerprint density at radius 3 is 2.56 bits per heavy atom. The molecular formula is C9H13ClN2O3S. The minimum absolute atomic E-state index is 0.0581. The van der Waals surface area contributed by atoms with E-state index in [1.807, 2.05) is 6.92 Å². The molecule has 0 aliphatic heterocycles. The van der Waals surface area contributed by atoms with Gasteiger partial charge in [0.15, 0.2) is 0 Å². The van der Waals surface area contributed by atoms with Crippen molar-refractivity contribution < 1.29 is 13.2 Å². The van der Waals surface area contributed by atoms with Crippen molar-refractivity contribution >= 4 is 25.6 Å². The molecule has 1 heterocycles. The Morgan fingerprint density at radius 2 is 2.12 bits per heavy atom. The summed E-state index contributed by atoms with van der Waals surface area (Å²) in [5, 5.41) is 2.60. The summed E-state index contributed by atoms with van der Waals surface area (Å²) in [6.07, 6.45) is 1.35. The number of halogens is 1. The fraction of sp³-hybridized carbons (Fsp3) is 0.444. The summed E-state index contributed by atoms with van der Waals surface area (Å²) in [7, 11) is 1.42. The maximum atomic E-state index is 11.6. The van der Waals surface area contributed by atoms with E-state index in [1.54, 1.807) is 11.5 Å². The van der Waals surface area contributed by atoms with Crippen LogP contribution in [0.25, 0.3) is 0 Å². The van der Waals surface area contributed by atoms with Crippen LogP contribution in [0.1, 0.15) is 24.3 Å². The van der Waals surface area contributed by atoms with Crippen molar-refractivity contribution in [3.8, 4) is 0 Å². The molecular weight excluding hydrogens is 252 g/mol. The van der Waals surface area contributed by atoms with Crippen molar-refractivity contribution in [2.45, 2.75) is 25.3 Å². The van der Waals surface area contributed by atoms with Crippen molar-refractivity contribution in [2.24, 2.45) is 0 Å². The van der Waals surface area contributed by atoms with Crippen molar-refractivity contribution in [3.05, 3.63) is 18.0 Å². The van der Waals surface area contributed by atoms with Crippen LogP contribution in [0, 0.1) is 0 Å². The Labute approximate surface area is 98.8 Å². The molecule has 16 heavy (non-hydrogen) atoms. The summed E-state index contributed by atoms with van der Waals surface area (Å²) in [4.78, 5) is 11.5. The molecule has 1 aromatic heterocycles. The van der Waals surface area contributed by atoms with Gasteiger partial charge in [0.2, 0.25) is 0 Å². The summed E-state index contributed by atoms with van der Waals surface area (Å²) in [6, 6.07) is 1.27. The maximum Gasteiger partial charge on any atom is 0.267 e. The number of amides is 1. The van der Waals surface area contributed by atoms with Gasteiger partial charge in [0.1, 0.15) is 10.6 Å². The van der Waals surface area contributed by atoms with E-state index in [0.29, 0.717) is 18.8 Å². The van der Waals surface area contributed by atoms with E-state index in [1.165, 1.54) is 12.3 Å². The Bertz CT molecular complexity index is 493. The van der Waals surface area contributed by atoms with E-state index >= 15 is 0 Å². The van der Waals surface area contributed by atoms with Crippen LogP contribution in [0.4, 0.5) is 0 Å². The first kappa shape index (κ1) is 13.1. The zero-order valence-electron chi connectivity index (χ0n) is 9.03. The number of rotatable bonds is 4. The molecule has 0 saturated heterocycles. The molecule has 0 fully saturated rings.